The van der Waals surface area contributed by atoms with Gasteiger partial charge in [0.1, 0.15) is 0 Å². The number of aromatic hydroxyl groups is 2. The van der Waals surface area contributed by atoms with Crippen LogP contribution in [0.5, 0.6) is 11.5 Å². The Hall–Kier alpha value is -0.746. The lowest BCUT2D eigenvalue weighted by Gasteiger charge is -2.24. The summed E-state index contributed by atoms with van der Waals surface area (Å²) in [5, 5.41) is 22.0. The van der Waals surface area contributed by atoms with Crippen molar-refractivity contribution in [3.05, 3.63) is 12.1 Å². The Morgan fingerprint density at radius 3 is 1.12 bits per heavy atom. The minimum atomic E-state index is -1.59. The average molecular weight is 254 g/mol. The lowest BCUT2D eigenvalue weighted by atomic mass is 10.3. The van der Waals surface area contributed by atoms with Gasteiger partial charge in [0, 0.05) is 0 Å². The number of phenolic OH excluding ortho intramolecular Hbond substituents is 2. The summed E-state index contributed by atoms with van der Waals surface area (Å²) < 4.78 is 0. The van der Waals surface area contributed by atoms with Crippen LogP contribution in [0, 0.1) is 0 Å². The third-order valence-corrected chi connectivity index (χ3v) is 6.81. The monoisotopic (exact) mass is 254 g/mol. The Balaban J connectivity index is 3.41. The highest BCUT2D eigenvalue weighted by atomic mass is 28.3. The van der Waals surface area contributed by atoms with Crippen LogP contribution >= 0.6 is 0 Å². The minimum Gasteiger partial charge on any atom is -0.504 e. The first-order valence-electron chi connectivity index (χ1n) is 5.61. The van der Waals surface area contributed by atoms with E-state index in [9.17, 15) is 10.2 Å². The predicted molar refractivity (Wildman–Crippen MR) is 75.7 cm³/mol. The molecule has 0 aliphatic rings. The van der Waals surface area contributed by atoms with Crippen LogP contribution in [-0.2, 0) is 0 Å². The molecule has 0 aliphatic heterocycles. The van der Waals surface area contributed by atoms with Gasteiger partial charge in [-0.25, -0.2) is 0 Å². The normalized spacial score (nSPS) is 12.9. The van der Waals surface area contributed by atoms with Crippen LogP contribution in [-0.4, -0.2) is 26.4 Å². The van der Waals surface area contributed by atoms with Gasteiger partial charge in [-0.15, -0.1) is 0 Å². The molecular weight excluding hydrogens is 232 g/mol. The summed E-state index contributed by atoms with van der Waals surface area (Å²) >= 11 is 0. The van der Waals surface area contributed by atoms with Crippen molar-refractivity contribution in [3.8, 4) is 11.5 Å². The second kappa shape index (κ2) is 3.93. The molecule has 0 radical (unpaired) electrons. The van der Waals surface area contributed by atoms with E-state index in [1.165, 1.54) is 0 Å². The highest BCUT2D eigenvalue weighted by Crippen LogP contribution is 2.25. The Kier molecular flexibility index (Phi) is 3.27. The van der Waals surface area contributed by atoms with E-state index in [1.54, 1.807) is 0 Å². The smallest absolute Gasteiger partial charge is 0.156 e. The number of rotatable bonds is 2. The quantitative estimate of drug-likeness (QED) is 0.627. The Bertz CT molecular complexity index is 362. The molecule has 0 saturated heterocycles. The fourth-order valence-corrected chi connectivity index (χ4v) is 4.61. The zero-order valence-corrected chi connectivity index (χ0v) is 13.0. The van der Waals surface area contributed by atoms with E-state index in [1.807, 2.05) is 12.1 Å². The molecule has 0 fully saturated rings. The summed E-state index contributed by atoms with van der Waals surface area (Å²) in [6.07, 6.45) is 0. The Morgan fingerprint density at radius 2 is 0.938 bits per heavy atom. The van der Waals surface area contributed by atoms with Gasteiger partial charge in [0.25, 0.3) is 0 Å². The first kappa shape index (κ1) is 13.3. The molecule has 0 bridgehead atoms. The molecule has 0 aromatic heterocycles. The molecular formula is C12H22O2Si2. The lowest BCUT2D eigenvalue weighted by Crippen LogP contribution is -2.42. The zero-order valence-electron chi connectivity index (χ0n) is 11.0. The van der Waals surface area contributed by atoms with E-state index in [-0.39, 0.29) is 11.5 Å². The summed E-state index contributed by atoms with van der Waals surface area (Å²) in [7, 11) is -3.17. The zero-order chi connectivity index (χ0) is 12.7. The maximum Gasteiger partial charge on any atom is 0.156 e. The Morgan fingerprint density at radius 1 is 0.688 bits per heavy atom. The van der Waals surface area contributed by atoms with Crippen LogP contribution in [0.2, 0.25) is 39.3 Å². The maximum atomic E-state index is 10.1. The van der Waals surface area contributed by atoms with Crippen LogP contribution in [0.1, 0.15) is 0 Å². The molecule has 1 rings (SSSR count). The van der Waals surface area contributed by atoms with E-state index < -0.39 is 16.1 Å². The molecule has 0 atom stereocenters. The highest BCUT2D eigenvalue weighted by Gasteiger charge is 2.27. The van der Waals surface area contributed by atoms with E-state index in [0.717, 1.165) is 10.4 Å². The number of benzene rings is 1. The SMILES string of the molecule is C[Si](C)(C)c1ccc([Si](C)(C)C)c(O)c1O. The minimum absolute atomic E-state index is 0.110. The third-order valence-electron chi connectivity index (χ3n) is 2.77. The first-order valence-corrected chi connectivity index (χ1v) is 12.6. The summed E-state index contributed by atoms with van der Waals surface area (Å²) in [6.45, 7) is 13.0. The molecule has 0 aliphatic carbocycles. The van der Waals surface area contributed by atoms with Crippen molar-refractivity contribution in [1.29, 1.82) is 0 Å². The molecule has 0 saturated carbocycles. The van der Waals surface area contributed by atoms with Crippen molar-refractivity contribution in [2.45, 2.75) is 39.3 Å². The van der Waals surface area contributed by atoms with Crippen molar-refractivity contribution in [2.75, 3.05) is 0 Å². The maximum absolute atomic E-state index is 10.1. The van der Waals surface area contributed by atoms with E-state index >= 15 is 0 Å². The van der Waals surface area contributed by atoms with Crippen molar-refractivity contribution in [3.63, 3.8) is 0 Å². The summed E-state index contributed by atoms with van der Waals surface area (Å²) in [5.74, 6) is 0.221. The van der Waals surface area contributed by atoms with Crippen LogP contribution in [0.25, 0.3) is 0 Å². The second-order valence-electron chi connectivity index (χ2n) is 6.36. The second-order valence-corrected chi connectivity index (χ2v) is 16.4. The van der Waals surface area contributed by atoms with Crippen molar-refractivity contribution < 1.29 is 10.2 Å². The molecule has 1 aromatic rings. The molecule has 0 amide bonds. The molecule has 2 N–H and O–H groups in total. The van der Waals surface area contributed by atoms with Crippen LogP contribution in [0.4, 0.5) is 0 Å². The van der Waals surface area contributed by atoms with Gasteiger partial charge >= 0.3 is 0 Å². The first-order chi connectivity index (χ1) is 7.05. The average Bonchev–Trinajstić information content (AvgIpc) is 2.05. The van der Waals surface area contributed by atoms with Gasteiger partial charge in [0.05, 0.1) is 16.1 Å². The molecule has 1 aromatic carbocycles. The number of hydrogen-bond donors (Lipinski definition) is 2. The summed E-state index contributed by atoms with van der Waals surface area (Å²) in [5.41, 5.74) is 0. The van der Waals surface area contributed by atoms with E-state index in [0.29, 0.717) is 0 Å². The highest BCUT2D eigenvalue weighted by molar-refractivity contribution is 6.91. The van der Waals surface area contributed by atoms with Crippen LogP contribution in [0.3, 0.4) is 0 Å². The Labute approximate surface area is 100.0 Å². The largest absolute Gasteiger partial charge is 0.504 e. The van der Waals surface area contributed by atoms with Crippen LogP contribution < -0.4 is 10.4 Å². The molecule has 16 heavy (non-hydrogen) atoms. The van der Waals surface area contributed by atoms with Gasteiger partial charge < -0.3 is 10.2 Å². The summed E-state index contributed by atoms with van der Waals surface area (Å²) in [6, 6.07) is 3.99. The fraction of sp³-hybridized carbons (Fsp3) is 0.500. The summed E-state index contributed by atoms with van der Waals surface area (Å²) in [4.78, 5) is 0. The number of phenols is 2. The topological polar surface area (TPSA) is 40.5 Å². The van der Waals surface area contributed by atoms with Gasteiger partial charge in [-0.05, 0) is 10.4 Å². The van der Waals surface area contributed by atoms with E-state index in [4.69, 9.17) is 0 Å². The van der Waals surface area contributed by atoms with Crippen molar-refractivity contribution in [1.82, 2.24) is 0 Å². The molecule has 0 heterocycles. The van der Waals surface area contributed by atoms with Gasteiger partial charge in [0.15, 0.2) is 11.5 Å². The standard InChI is InChI=1S/C12H22O2Si2/c1-15(2,3)9-7-8-10(16(4,5)6)12(14)11(9)13/h7-8,13-14H,1-6H3. The molecule has 2 nitrogen and oxygen atoms in total. The van der Waals surface area contributed by atoms with Gasteiger partial charge in [0.2, 0.25) is 0 Å². The molecule has 90 valence electrons. The fourth-order valence-electron chi connectivity index (χ4n) is 1.79. The third kappa shape index (κ3) is 2.49. The predicted octanol–water partition coefficient (Wildman–Crippen LogP) is 2.19. The van der Waals surface area contributed by atoms with Gasteiger partial charge in [-0.2, -0.15) is 0 Å². The van der Waals surface area contributed by atoms with Gasteiger partial charge in [-0.3, -0.25) is 0 Å². The lowest BCUT2D eigenvalue weighted by molar-refractivity contribution is 0.409. The van der Waals surface area contributed by atoms with Gasteiger partial charge in [-0.1, -0.05) is 51.4 Å². The van der Waals surface area contributed by atoms with Crippen LogP contribution in [0.15, 0.2) is 12.1 Å². The van der Waals surface area contributed by atoms with Crippen molar-refractivity contribution in [2.24, 2.45) is 0 Å². The number of hydrogen-bond acceptors (Lipinski definition) is 2. The molecule has 0 spiro atoms. The van der Waals surface area contributed by atoms with Crippen molar-refractivity contribution >= 4 is 26.5 Å². The molecule has 4 heteroatoms. The molecule has 0 unspecified atom stereocenters. The van der Waals surface area contributed by atoms with E-state index in [2.05, 4.69) is 39.3 Å².